The third-order valence-corrected chi connectivity index (χ3v) is 6.18. The van der Waals surface area contributed by atoms with Crippen molar-refractivity contribution in [1.82, 2.24) is 9.88 Å². The van der Waals surface area contributed by atoms with Crippen molar-refractivity contribution in [2.24, 2.45) is 0 Å². The standard InChI is InChI=1S/C25H26F3N3.C4H4O4/c1-30(24-12-5-11-23(29-24)25(26,27)28)15-6-16-31-17-13-20(14-18-31)22-10-4-8-19-7-2-3-9-21(19)22;5-3(6)1-2-4(7)8/h2-5,7-13H,6,14-18H2,1H3;1-2H,(H,5,6)(H,7,8). The highest BCUT2D eigenvalue weighted by atomic mass is 19.4. The number of carboxylic acids is 2. The third-order valence-electron chi connectivity index (χ3n) is 6.18. The number of hydrogen-bond donors (Lipinski definition) is 2. The maximum absolute atomic E-state index is 12.9. The lowest BCUT2D eigenvalue weighted by atomic mass is 9.94. The molecule has 0 amide bonds. The van der Waals surface area contributed by atoms with Gasteiger partial charge >= 0.3 is 18.1 Å². The van der Waals surface area contributed by atoms with Crippen LogP contribution in [-0.2, 0) is 15.8 Å². The molecule has 4 rings (SSSR count). The van der Waals surface area contributed by atoms with E-state index in [4.69, 9.17) is 10.2 Å². The molecule has 2 N–H and O–H groups in total. The number of aliphatic carboxylic acids is 2. The largest absolute Gasteiger partial charge is 0.478 e. The molecule has 7 nitrogen and oxygen atoms in total. The van der Waals surface area contributed by atoms with Crippen molar-refractivity contribution in [3.63, 3.8) is 0 Å². The number of pyridine rings is 1. The first-order chi connectivity index (χ1) is 18.5. The molecule has 0 aliphatic carbocycles. The molecule has 2 aromatic carbocycles. The van der Waals surface area contributed by atoms with E-state index >= 15 is 0 Å². The Morgan fingerprint density at radius 2 is 1.67 bits per heavy atom. The Kier molecular flexibility index (Phi) is 10.2. The van der Waals surface area contributed by atoms with Crippen LogP contribution in [-0.4, -0.2) is 65.3 Å². The Hall–Kier alpha value is -4.18. The average Bonchev–Trinajstić information content (AvgIpc) is 2.92. The molecule has 0 spiro atoms. The number of hydrogen-bond acceptors (Lipinski definition) is 5. The van der Waals surface area contributed by atoms with Crippen LogP contribution in [0.15, 0.2) is 78.9 Å². The van der Waals surface area contributed by atoms with Gasteiger partial charge in [0.05, 0.1) is 0 Å². The van der Waals surface area contributed by atoms with E-state index in [2.05, 4.69) is 58.4 Å². The molecule has 1 aromatic heterocycles. The summed E-state index contributed by atoms with van der Waals surface area (Å²) < 4.78 is 38.6. The van der Waals surface area contributed by atoms with Crippen molar-refractivity contribution in [3.05, 3.63) is 90.1 Å². The van der Waals surface area contributed by atoms with Crippen molar-refractivity contribution >= 4 is 34.1 Å². The second-order valence-corrected chi connectivity index (χ2v) is 8.97. The summed E-state index contributed by atoms with van der Waals surface area (Å²) >= 11 is 0. The van der Waals surface area contributed by atoms with Crippen LogP contribution in [0.1, 0.15) is 24.1 Å². The van der Waals surface area contributed by atoms with Gasteiger partial charge in [0, 0.05) is 45.4 Å². The fourth-order valence-corrected chi connectivity index (χ4v) is 4.25. The maximum atomic E-state index is 12.9. The Balaban J connectivity index is 0.000000459. The van der Waals surface area contributed by atoms with Crippen LogP contribution in [0.3, 0.4) is 0 Å². The molecular weight excluding hydrogens is 511 g/mol. The zero-order valence-electron chi connectivity index (χ0n) is 21.4. The van der Waals surface area contributed by atoms with Crippen molar-refractivity contribution in [3.8, 4) is 0 Å². The number of halogens is 3. The summed E-state index contributed by atoms with van der Waals surface area (Å²) in [6, 6.07) is 19.0. The smallest absolute Gasteiger partial charge is 0.433 e. The van der Waals surface area contributed by atoms with Gasteiger partial charge in [-0.1, -0.05) is 54.6 Å². The molecule has 2 heterocycles. The molecule has 0 unspecified atom stereocenters. The van der Waals surface area contributed by atoms with Crippen LogP contribution in [0.4, 0.5) is 19.0 Å². The van der Waals surface area contributed by atoms with Gasteiger partial charge in [-0.3, -0.25) is 4.90 Å². The summed E-state index contributed by atoms with van der Waals surface area (Å²) in [5.41, 5.74) is 1.85. The van der Waals surface area contributed by atoms with Gasteiger partial charge in [0.1, 0.15) is 11.5 Å². The van der Waals surface area contributed by atoms with Crippen molar-refractivity contribution in [1.29, 1.82) is 0 Å². The maximum Gasteiger partial charge on any atom is 0.433 e. The number of carbonyl (C=O) groups is 2. The van der Waals surface area contributed by atoms with Crippen LogP contribution >= 0.6 is 0 Å². The minimum absolute atomic E-state index is 0.353. The zero-order valence-corrected chi connectivity index (χ0v) is 21.4. The van der Waals surface area contributed by atoms with Crippen LogP contribution < -0.4 is 4.90 Å². The summed E-state index contributed by atoms with van der Waals surface area (Å²) in [6.07, 6.45) is 0.873. The Morgan fingerprint density at radius 1 is 1.00 bits per heavy atom. The molecule has 3 aromatic rings. The fraction of sp³-hybridized carbons (Fsp3) is 0.276. The molecule has 1 aliphatic heterocycles. The van der Waals surface area contributed by atoms with E-state index in [1.807, 2.05) is 0 Å². The lowest BCUT2D eigenvalue weighted by Gasteiger charge is -2.28. The number of aromatic nitrogens is 1. The lowest BCUT2D eigenvalue weighted by Crippen LogP contribution is -2.32. The summed E-state index contributed by atoms with van der Waals surface area (Å²) in [5, 5.41) is 18.2. The fourth-order valence-electron chi connectivity index (χ4n) is 4.25. The molecule has 0 fully saturated rings. The number of anilines is 1. The van der Waals surface area contributed by atoms with E-state index in [1.165, 1.54) is 28.0 Å². The molecule has 0 atom stereocenters. The molecule has 206 valence electrons. The Labute approximate surface area is 224 Å². The molecule has 0 bridgehead atoms. The summed E-state index contributed by atoms with van der Waals surface area (Å²) in [5.74, 6) is -2.16. The zero-order chi connectivity index (χ0) is 28.4. The average molecular weight is 542 g/mol. The minimum atomic E-state index is -4.42. The van der Waals surface area contributed by atoms with E-state index in [-0.39, 0.29) is 0 Å². The van der Waals surface area contributed by atoms with Crippen LogP contribution in [0.2, 0.25) is 0 Å². The Bertz CT molecular complexity index is 1330. The van der Waals surface area contributed by atoms with Crippen molar-refractivity contribution < 1.29 is 33.0 Å². The van der Waals surface area contributed by atoms with Crippen molar-refractivity contribution in [2.75, 3.05) is 38.1 Å². The Morgan fingerprint density at radius 3 is 2.31 bits per heavy atom. The third kappa shape index (κ3) is 8.96. The van der Waals surface area contributed by atoms with Gasteiger partial charge in [-0.15, -0.1) is 0 Å². The van der Waals surface area contributed by atoms with Gasteiger partial charge in [-0.05, 0) is 46.9 Å². The van der Waals surface area contributed by atoms with Gasteiger partial charge < -0.3 is 15.1 Å². The first kappa shape index (κ1) is 29.4. The first-order valence-electron chi connectivity index (χ1n) is 12.3. The van der Waals surface area contributed by atoms with E-state index in [9.17, 15) is 22.8 Å². The number of nitrogens with zero attached hydrogens (tertiary/aromatic N) is 3. The number of alkyl halides is 3. The van der Waals surface area contributed by atoms with Crippen LogP contribution in [0.5, 0.6) is 0 Å². The summed E-state index contributed by atoms with van der Waals surface area (Å²) in [7, 11) is 1.79. The molecule has 10 heteroatoms. The number of carboxylic acid groups (broad SMARTS) is 2. The molecule has 39 heavy (non-hydrogen) atoms. The molecule has 0 saturated heterocycles. The summed E-state index contributed by atoms with van der Waals surface area (Å²) in [6.45, 7) is 3.44. The predicted octanol–water partition coefficient (Wildman–Crippen LogP) is 5.58. The summed E-state index contributed by atoms with van der Waals surface area (Å²) in [4.78, 5) is 27.0. The second kappa shape index (κ2) is 13.6. The van der Waals surface area contributed by atoms with E-state index in [1.54, 1.807) is 18.0 Å². The molecule has 0 saturated carbocycles. The lowest BCUT2D eigenvalue weighted by molar-refractivity contribution is -0.141. The highest BCUT2D eigenvalue weighted by Crippen LogP contribution is 2.30. The highest BCUT2D eigenvalue weighted by molar-refractivity contribution is 5.94. The number of fused-ring (bicyclic) bond motifs is 1. The van der Waals surface area contributed by atoms with Gasteiger partial charge in [-0.2, -0.15) is 13.2 Å². The predicted molar refractivity (Wildman–Crippen MR) is 145 cm³/mol. The first-order valence-corrected chi connectivity index (χ1v) is 12.3. The van der Waals surface area contributed by atoms with E-state index in [0.29, 0.717) is 24.5 Å². The minimum Gasteiger partial charge on any atom is -0.478 e. The van der Waals surface area contributed by atoms with E-state index < -0.39 is 23.8 Å². The number of benzene rings is 2. The number of rotatable bonds is 8. The van der Waals surface area contributed by atoms with Gasteiger partial charge in [0.15, 0.2) is 0 Å². The molecular formula is C29H30F3N3O4. The quantitative estimate of drug-likeness (QED) is 0.360. The normalized spacial score (nSPS) is 14.0. The second-order valence-electron chi connectivity index (χ2n) is 8.97. The topological polar surface area (TPSA) is 94.0 Å². The monoisotopic (exact) mass is 541 g/mol. The van der Waals surface area contributed by atoms with Crippen LogP contribution in [0, 0.1) is 0 Å². The van der Waals surface area contributed by atoms with E-state index in [0.717, 1.165) is 38.5 Å². The van der Waals surface area contributed by atoms with Crippen LogP contribution in [0.25, 0.3) is 16.3 Å². The SMILES string of the molecule is CN(CCCN1CC=C(c2cccc3ccccc23)CC1)c1cccc(C(F)(F)F)n1.O=C(O)C=CC(=O)O. The molecule has 1 aliphatic rings. The molecule has 0 radical (unpaired) electrons. The highest BCUT2D eigenvalue weighted by Gasteiger charge is 2.32. The van der Waals surface area contributed by atoms with Gasteiger partial charge in [0.2, 0.25) is 0 Å². The van der Waals surface area contributed by atoms with Crippen molar-refractivity contribution in [2.45, 2.75) is 19.0 Å². The van der Waals surface area contributed by atoms with Gasteiger partial charge in [0.25, 0.3) is 0 Å². The van der Waals surface area contributed by atoms with Gasteiger partial charge in [-0.25, -0.2) is 14.6 Å².